The average molecular weight is 274 g/mol. The number of rotatable bonds is 3. The van der Waals surface area contributed by atoms with Gasteiger partial charge in [-0.25, -0.2) is 0 Å². The van der Waals surface area contributed by atoms with Crippen LogP contribution in [0.25, 0.3) is 5.70 Å². The number of alkyl halides is 3. The Balaban J connectivity index is 3.32. The van der Waals surface area contributed by atoms with Gasteiger partial charge in [-0.1, -0.05) is 0 Å². The molecule has 0 aromatic carbocycles. The highest BCUT2D eigenvalue weighted by Crippen LogP contribution is 2.33. The van der Waals surface area contributed by atoms with Crippen LogP contribution in [0.5, 0.6) is 0 Å². The van der Waals surface area contributed by atoms with Crippen LogP contribution >= 0.6 is 0 Å². The van der Waals surface area contributed by atoms with E-state index in [4.69, 9.17) is 21.9 Å². The van der Waals surface area contributed by atoms with Crippen LogP contribution in [0, 0.1) is 0 Å². The van der Waals surface area contributed by atoms with E-state index >= 15 is 0 Å². The van der Waals surface area contributed by atoms with E-state index < -0.39 is 11.7 Å². The van der Waals surface area contributed by atoms with E-state index in [9.17, 15) is 13.2 Å². The largest absolute Gasteiger partial charge is 0.493 e. The number of nitrogens with zero attached hydrogens (tertiary/aromatic N) is 1. The average Bonchev–Trinajstić information content (AvgIpc) is 2.34. The minimum absolute atomic E-state index is 0.0190. The zero-order chi connectivity index (χ0) is 14.6. The lowest BCUT2D eigenvalue weighted by atomic mass is 10.1. The summed E-state index contributed by atoms with van der Waals surface area (Å²) >= 11 is 0. The van der Waals surface area contributed by atoms with Crippen molar-refractivity contribution in [1.82, 2.24) is 4.98 Å². The Morgan fingerprint density at radius 3 is 2.42 bits per heavy atom. The molecule has 0 fully saturated rings. The molecule has 0 aliphatic heterocycles. The fraction of sp³-hybridized carbons (Fsp3) is 0.182. The Morgan fingerprint density at radius 1 is 1.32 bits per heavy atom. The number of pyridine rings is 1. The van der Waals surface area contributed by atoms with Crippen molar-refractivity contribution in [3.05, 3.63) is 47.2 Å². The highest BCUT2D eigenvalue weighted by atomic mass is 19.4. The summed E-state index contributed by atoms with van der Waals surface area (Å²) in [6.45, 7) is 0. The van der Waals surface area contributed by atoms with Gasteiger partial charge in [0.15, 0.2) is 5.76 Å². The molecule has 0 unspecified atom stereocenters. The van der Waals surface area contributed by atoms with Crippen LogP contribution in [-0.2, 0) is 10.9 Å². The third-order valence-electron chi connectivity index (χ3n) is 2.23. The third-order valence-corrected chi connectivity index (χ3v) is 2.23. The summed E-state index contributed by atoms with van der Waals surface area (Å²) in [6, 6.07) is 0.831. The second kappa shape index (κ2) is 5.51. The van der Waals surface area contributed by atoms with Gasteiger partial charge in [0.1, 0.15) is 5.82 Å². The highest BCUT2D eigenvalue weighted by Gasteiger charge is 2.33. The number of allylic oxidation sites excluding steroid dienone is 1. The summed E-state index contributed by atoms with van der Waals surface area (Å²) in [4.78, 5) is 3.62. The van der Waals surface area contributed by atoms with Crippen molar-refractivity contribution in [3.63, 3.8) is 0 Å². The van der Waals surface area contributed by atoms with Crippen molar-refractivity contribution < 1.29 is 17.9 Å². The molecular weight excluding hydrogens is 261 g/mol. The molecule has 0 radical (unpaired) electrons. The van der Waals surface area contributed by atoms with Crippen LogP contribution in [0.3, 0.4) is 0 Å². The standard InChI is InChI=1S/C11H13F3N4O/c1-19-9(10(16)17)4-8(15)6-5-18-3-2-7(6)11(12,13)14/h2-5H,15-17H2,1H3/b8-4-. The van der Waals surface area contributed by atoms with Gasteiger partial charge < -0.3 is 21.9 Å². The summed E-state index contributed by atoms with van der Waals surface area (Å²) < 4.78 is 43.2. The molecule has 0 bridgehead atoms. The van der Waals surface area contributed by atoms with Gasteiger partial charge >= 0.3 is 6.18 Å². The molecule has 0 spiro atoms. The van der Waals surface area contributed by atoms with E-state index in [1.54, 1.807) is 0 Å². The Bertz CT molecular complexity index is 519. The van der Waals surface area contributed by atoms with Crippen molar-refractivity contribution in [3.8, 4) is 0 Å². The maximum absolute atomic E-state index is 12.8. The van der Waals surface area contributed by atoms with Crippen molar-refractivity contribution in [2.45, 2.75) is 6.18 Å². The summed E-state index contributed by atoms with van der Waals surface area (Å²) in [6.07, 6.45) is -1.39. The summed E-state index contributed by atoms with van der Waals surface area (Å²) in [5.74, 6) is -0.211. The van der Waals surface area contributed by atoms with Crippen molar-refractivity contribution in [2.24, 2.45) is 17.2 Å². The molecule has 104 valence electrons. The van der Waals surface area contributed by atoms with Gasteiger partial charge in [0.25, 0.3) is 0 Å². The first-order valence-electron chi connectivity index (χ1n) is 5.05. The van der Waals surface area contributed by atoms with E-state index in [0.717, 1.165) is 24.5 Å². The monoisotopic (exact) mass is 274 g/mol. The van der Waals surface area contributed by atoms with Crippen LogP contribution in [0.4, 0.5) is 13.2 Å². The van der Waals surface area contributed by atoms with Crippen LogP contribution < -0.4 is 17.2 Å². The van der Waals surface area contributed by atoms with Gasteiger partial charge in [0, 0.05) is 29.7 Å². The fourth-order valence-electron chi connectivity index (χ4n) is 1.35. The molecule has 8 heteroatoms. The number of ether oxygens (including phenoxy) is 1. The molecule has 0 amide bonds. The van der Waals surface area contributed by atoms with Gasteiger partial charge in [-0.3, -0.25) is 4.98 Å². The van der Waals surface area contributed by atoms with Crippen LogP contribution in [-0.4, -0.2) is 12.1 Å². The maximum Gasteiger partial charge on any atom is 0.417 e. The molecular formula is C11H13F3N4O. The predicted octanol–water partition coefficient (Wildman–Crippen LogP) is 1.13. The predicted molar refractivity (Wildman–Crippen MR) is 63.8 cm³/mol. The van der Waals surface area contributed by atoms with Crippen LogP contribution in [0.1, 0.15) is 11.1 Å². The lowest BCUT2D eigenvalue weighted by molar-refractivity contribution is -0.137. The van der Waals surface area contributed by atoms with E-state index in [-0.39, 0.29) is 22.8 Å². The highest BCUT2D eigenvalue weighted by molar-refractivity contribution is 5.67. The molecule has 0 atom stereocenters. The molecule has 1 aromatic rings. The first-order chi connectivity index (χ1) is 8.77. The summed E-state index contributed by atoms with van der Waals surface area (Å²) in [5, 5.41) is 0. The van der Waals surface area contributed by atoms with Crippen LogP contribution in [0.2, 0.25) is 0 Å². The van der Waals surface area contributed by atoms with Gasteiger partial charge in [0.05, 0.1) is 12.7 Å². The van der Waals surface area contributed by atoms with E-state index in [0.29, 0.717) is 0 Å². The van der Waals surface area contributed by atoms with Crippen molar-refractivity contribution in [2.75, 3.05) is 7.11 Å². The maximum atomic E-state index is 12.8. The summed E-state index contributed by atoms with van der Waals surface area (Å²) in [7, 11) is 1.27. The van der Waals surface area contributed by atoms with Crippen molar-refractivity contribution >= 4 is 5.70 Å². The minimum Gasteiger partial charge on any atom is -0.493 e. The molecule has 0 saturated heterocycles. The second-order valence-corrected chi connectivity index (χ2v) is 3.54. The number of hydrogen-bond donors (Lipinski definition) is 3. The van der Waals surface area contributed by atoms with Crippen LogP contribution in [0.15, 0.2) is 36.1 Å². The molecule has 6 N–H and O–H groups in total. The SMILES string of the molecule is COC(/C=C(\N)c1cnccc1C(F)(F)F)=C(N)N. The molecule has 1 heterocycles. The zero-order valence-electron chi connectivity index (χ0n) is 10.0. The Hall–Kier alpha value is -2.38. The molecule has 0 aliphatic carbocycles. The Kier molecular flexibility index (Phi) is 4.26. The Labute approximate surface area is 107 Å². The number of aromatic nitrogens is 1. The first kappa shape index (κ1) is 14.7. The first-order valence-corrected chi connectivity index (χ1v) is 5.05. The number of nitrogens with two attached hydrogens (primary N) is 3. The molecule has 0 aliphatic rings. The smallest absolute Gasteiger partial charge is 0.417 e. The van der Waals surface area contributed by atoms with E-state index in [1.165, 1.54) is 7.11 Å². The number of halogens is 3. The minimum atomic E-state index is -4.54. The molecule has 0 saturated carbocycles. The van der Waals surface area contributed by atoms with Gasteiger partial charge in [0.2, 0.25) is 0 Å². The number of hydrogen-bond acceptors (Lipinski definition) is 5. The molecule has 1 aromatic heterocycles. The lowest BCUT2D eigenvalue weighted by Crippen LogP contribution is -2.14. The normalized spacial score (nSPS) is 12.1. The molecule has 5 nitrogen and oxygen atoms in total. The third kappa shape index (κ3) is 3.54. The molecule has 1 rings (SSSR count). The zero-order valence-corrected chi connectivity index (χ0v) is 10.0. The lowest BCUT2D eigenvalue weighted by Gasteiger charge is -2.12. The second-order valence-electron chi connectivity index (χ2n) is 3.54. The van der Waals surface area contributed by atoms with Crippen molar-refractivity contribution in [1.29, 1.82) is 0 Å². The quantitative estimate of drug-likeness (QED) is 0.566. The fourth-order valence-corrected chi connectivity index (χ4v) is 1.35. The topological polar surface area (TPSA) is 100 Å². The number of methoxy groups -OCH3 is 1. The Morgan fingerprint density at radius 2 is 1.95 bits per heavy atom. The van der Waals surface area contributed by atoms with Gasteiger partial charge in [-0.15, -0.1) is 0 Å². The van der Waals surface area contributed by atoms with E-state index in [1.807, 2.05) is 0 Å². The van der Waals surface area contributed by atoms with Gasteiger partial charge in [-0.2, -0.15) is 13.2 Å². The molecule has 19 heavy (non-hydrogen) atoms. The van der Waals surface area contributed by atoms with Gasteiger partial charge in [-0.05, 0) is 6.07 Å². The summed E-state index contributed by atoms with van der Waals surface area (Å²) in [5.41, 5.74) is 14.8. The van der Waals surface area contributed by atoms with E-state index in [2.05, 4.69) is 4.98 Å².